The lowest BCUT2D eigenvalue weighted by atomic mass is 10.0. The normalized spacial score (nSPS) is 11.4. The summed E-state index contributed by atoms with van der Waals surface area (Å²) in [6.45, 7) is 7.75. The third kappa shape index (κ3) is 5.57. The molecule has 0 saturated heterocycles. The first-order valence-corrected chi connectivity index (χ1v) is 11.9. The average Bonchev–Trinajstić information content (AvgIpc) is 2.77. The highest BCUT2D eigenvalue weighted by Crippen LogP contribution is 2.25. The van der Waals surface area contributed by atoms with Gasteiger partial charge in [-0.25, -0.2) is 13.1 Å². The summed E-state index contributed by atoms with van der Waals surface area (Å²) in [5.41, 5.74) is 5.88. The van der Waals surface area contributed by atoms with E-state index in [-0.39, 0.29) is 18.9 Å². The second-order valence-electron chi connectivity index (χ2n) is 7.81. The maximum atomic E-state index is 12.9. The zero-order valence-electron chi connectivity index (χ0n) is 18.8. The predicted octanol–water partition coefficient (Wildman–Crippen LogP) is 3.36. The molecule has 0 aliphatic rings. The van der Waals surface area contributed by atoms with Gasteiger partial charge in [0, 0.05) is 43.7 Å². The Hall–Kier alpha value is -3.10. The third-order valence-electron chi connectivity index (χ3n) is 5.48. The molecule has 0 unspecified atom stereocenters. The monoisotopic (exact) mass is 452 g/mol. The zero-order valence-corrected chi connectivity index (χ0v) is 19.6. The van der Waals surface area contributed by atoms with Crippen molar-refractivity contribution in [1.29, 1.82) is 0 Å². The maximum Gasteiger partial charge on any atom is 0.241 e. The zero-order chi connectivity index (χ0) is 23.3. The Balaban J connectivity index is 1.56. The molecule has 2 heterocycles. The van der Waals surface area contributed by atoms with Crippen LogP contribution < -0.4 is 10.0 Å². The smallest absolute Gasteiger partial charge is 0.241 e. The topological polar surface area (TPSA) is 101 Å². The molecule has 0 spiro atoms. The quantitative estimate of drug-likeness (QED) is 0.546. The van der Waals surface area contributed by atoms with Crippen molar-refractivity contribution >= 4 is 15.9 Å². The standard InChI is InChI=1S/C24H28N4O3S/c1-16-12-17(2)19(4)24(18(16)3)32(30,31)28-11-8-23(29)27-14-20-7-10-26-22(13-20)21-6-5-9-25-15-21/h5-7,9-10,12-13,15,28H,8,11,14H2,1-4H3,(H,27,29). The van der Waals surface area contributed by atoms with Crippen LogP contribution in [-0.2, 0) is 21.4 Å². The van der Waals surface area contributed by atoms with Gasteiger partial charge in [0.05, 0.1) is 10.6 Å². The van der Waals surface area contributed by atoms with Crippen molar-refractivity contribution in [2.75, 3.05) is 6.54 Å². The number of carbonyl (C=O) groups excluding carboxylic acids is 1. The van der Waals surface area contributed by atoms with Gasteiger partial charge in [0.25, 0.3) is 0 Å². The lowest BCUT2D eigenvalue weighted by molar-refractivity contribution is -0.121. The van der Waals surface area contributed by atoms with E-state index in [1.54, 1.807) is 32.4 Å². The number of benzene rings is 1. The van der Waals surface area contributed by atoms with E-state index in [4.69, 9.17) is 0 Å². The number of nitrogens with one attached hydrogen (secondary N) is 2. The lowest BCUT2D eigenvalue weighted by Crippen LogP contribution is -2.31. The van der Waals surface area contributed by atoms with Crippen molar-refractivity contribution in [2.45, 2.75) is 45.6 Å². The molecule has 168 valence electrons. The Morgan fingerprint density at radius 2 is 1.72 bits per heavy atom. The maximum absolute atomic E-state index is 12.9. The fourth-order valence-electron chi connectivity index (χ4n) is 3.50. The number of carbonyl (C=O) groups is 1. The highest BCUT2D eigenvalue weighted by Gasteiger charge is 2.21. The molecule has 0 saturated carbocycles. The van der Waals surface area contributed by atoms with Gasteiger partial charge in [0.1, 0.15) is 0 Å². The minimum atomic E-state index is -3.71. The van der Waals surface area contributed by atoms with Crippen molar-refractivity contribution in [2.24, 2.45) is 0 Å². The number of amides is 1. The molecule has 0 radical (unpaired) electrons. The molecular weight excluding hydrogens is 424 g/mol. The molecule has 1 amide bonds. The fourth-order valence-corrected chi connectivity index (χ4v) is 5.14. The van der Waals surface area contributed by atoms with Crippen molar-refractivity contribution in [3.8, 4) is 11.3 Å². The van der Waals surface area contributed by atoms with Crippen LogP contribution in [0, 0.1) is 27.7 Å². The molecule has 0 bridgehead atoms. The van der Waals surface area contributed by atoms with Gasteiger partial charge in [-0.15, -0.1) is 0 Å². The molecule has 0 atom stereocenters. The van der Waals surface area contributed by atoms with E-state index in [1.807, 2.05) is 44.2 Å². The first-order chi connectivity index (χ1) is 15.2. The third-order valence-corrected chi connectivity index (χ3v) is 7.22. The van der Waals surface area contributed by atoms with Crippen LogP contribution in [0.1, 0.15) is 34.2 Å². The second-order valence-corrected chi connectivity index (χ2v) is 9.51. The summed E-state index contributed by atoms with van der Waals surface area (Å²) < 4.78 is 28.3. The number of nitrogens with zero attached hydrogens (tertiary/aromatic N) is 2. The minimum Gasteiger partial charge on any atom is -0.352 e. The van der Waals surface area contributed by atoms with E-state index < -0.39 is 10.0 Å². The van der Waals surface area contributed by atoms with Crippen molar-refractivity contribution in [1.82, 2.24) is 20.0 Å². The summed E-state index contributed by atoms with van der Waals surface area (Å²) in [7, 11) is -3.71. The van der Waals surface area contributed by atoms with Gasteiger partial charge in [-0.05, 0) is 79.8 Å². The molecule has 8 heteroatoms. The molecular formula is C24H28N4O3S. The molecule has 2 aromatic heterocycles. The van der Waals surface area contributed by atoms with Gasteiger partial charge < -0.3 is 5.32 Å². The van der Waals surface area contributed by atoms with E-state index in [2.05, 4.69) is 20.0 Å². The van der Waals surface area contributed by atoms with Crippen molar-refractivity contribution in [3.05, 3.63) is 76.7 Å². The molecule has 0 fully saturated rings. The lowest BCUT2D eigenvalue weighted by Gasteiger charge is -2.16. The Morgan fingerprint density at radius 3 is 2.38 bits per heavy atom. The van der Waals surface area contributed by atoms with Gasteiger partial charge in [0.15, 0.2) is 0 Å². The summed E-state index contributed by atoms with van der Waals surface area (Å²) in [5, 5.41) is 2.83. The Labute approximate surface area is 189 Å². The number of aromatic nitrogens is 2. The number of pyridine rings is 2. The van der Waals surface area contributed by atoms with Crippen LogP contribution in [-0.4, -0.2) is 30.8 Å². The van der Waals surface area contributed by atoms with E-state index in [9.17, 15) is 13.2 Å². The molecule has 0 aliphatic heterocycles. The summed E-state index contributed by atoms with van der Waals surface area (Å²) in [6, 6.07) is 9.46. The molecule has 1 aromatic carbocycles. The Kier molecular flexibility index (Phi) is 7.37. The summed E-state index contributed by atoms with van der Waals surface area (Å²) in [6.07, 6.45) is 5.16. The Morgan fingerprint density at radius 1 is 1.00 bits per heavy atom. The number of hydrogen-bond donors (Lipinski definition) is 2. The summed E-state index contributed by atoms with van der Waals surface area (Å²) >= 11 is 0. The van der Waals surface area contributed by atoms with Crippen LogP contribution in [0.3, 0.4) is 0 Å². The SMILES string of the molecule is Cc1cc(C)c(C)c(S(=O)(=O)NCCC(=O)NCc2ccnc(-c3cccnc3)c2)c1C. The summed E-state index contributed by atoms with van der Waals surface area (Å²) in [4.78, 5) is 21.0. The van der Waals surface area contributed by atoms with E-state index in [0.29, 0.717) is 11.4 Å². The van der Waals surface area contributed by atoms with Crippen LogP contribution in [0.15, 0.2) is 53.8 Å². The van der Waals surface area contributed by atoms with Crippen LogP contribution in [0.2, 0.25) is 0 Å². The van der Waals surface area contributed by atoms with Crippen LogP contribution in [0.5, 0.6) is 0 Å². The molecule has 2 N–H and O–H groups in total. The van der Waals surface area contributed by atoms with Gasteiger partial charge in [0.2, 0.25) is 15.9 Å². The number of hydrogen-bond acceptors (Lipinski definition) is 5. The molecule has 3 rings (SSSR count). The first-order valence-electron chi connectivity index (χ1n) is 10.4. The van der Waals surface area contributed by atoms with E-state index >= 15 is 0 Å². The fraction of sp³-hybridized carbons (Fsp3) is 0.292. The molecule has 0 aliphatic carbocycles. The van der Waals surface area contributed by atoms with Crippen LogP contribution in [0.4, 0.5) is 0 Å². The molecule has 7 nitrogen and oxygen atoms in total. The number of aryl methyl sites for hydroxylation is 2. The molecule has 3 aromatic rings. The number of sulfonamides is 1. The van der Waals surface area contributed by atoms with E-state index in [1.165, 1.54) is 0 Å². The highest BCUT2D eigenvalue weighted by molar-refractivity contribution is 7.89. The van der Waals surface area contributed by atoms with Crippen LogP contribution >= 0.6 is 0 Å². The Bertz CT molecular complexity index is 1200. The highest BCUT2D eigenvalue weighted by atomic mass is 32.2. The van der Waals surface area contributed by atoms with Gasteiger partial charge in [-0.3, -0.25) is 14.8 Å². The largest absolute Gasteiger partial charge is 0.352 e. The average molecular weight is 453 g/mol. The van der Waals surface area contributed by atoms with Crippen molar-refractivity contribution in [3.63, 3.8) is 0 Å². The van der Waals surface area contributed by atoms with Crippen LogP contribution in [0.25, 0.3) is 11.3 Å². The minimum absolute atomic E-state index is 0.0251. The summed E-state index contributed by atoms with van der Waals surface area (Å²) in [5.74, 6) is -0.235. The van der Waals surface area contributed by atoms with Gasteiger partial charge in [-0.1, -0.05) is 6.07 Å². The van der Waals surface area contributed by atoms with Crippen molar-refractivity contribution < 1.29 is 13.2 Å². The molecule has 32 heavy (non-hydrogen) atoms. The predicted molar refractivity (Wildman–Crippen MR) is 125 cm³/mol. The second kappa shape index (κ2) is 10.0. The van der Waals surface area contributed by atoms with E-state index in [0.717, 1.165) is 39.1 Å². The first kappa shape index (κ1) is 23.6. The number of rotatable bonds is 8. The van der Waals surface area contributed by atoms with Gasteiger partial charge >= 0.3 is 0 Å². The van der Waals surface area contributed by atoms with Gasteiger partial charge in [-0.2, -0.15) is 0 Å².